The van der Waals surface area contributed by atoms with Crippen LogP contribution in [-0.4, -0.2) is 30.1 Å². The molecule has 10 heavy (non-hydrogen) atoms. The molecule has 0 saturated heterocycles. The Kier molecular flexibility index (Phi) is 5.09. The third kappa shape index (κ3) is 2.89. The normalized spacial score (nSPS) is 15.7. The molecule has 0 N–H and O–H groups in total. The van der Waals surface area contributed by atoms with Crippen molar-refractivity contribution in [1.29, 1.82) is 0 Å². The molecule has 0 aromatic carbocycles. The molecule has 0 aromatic heterocycles. The van der Waals surface area contributed by atoms with Crippen LogP contribution in [-0.2, 0) is 32.7 Å². The van der Waals surface area contributed by atoms with Crippen LogP contribution in [0.3, 0.4) is 0 Å². The molecule has 0 fully saturated rings. The van der Waals surface area contributed by atoms with E-state index < -0.39 is 0 Å². The van der Waals surface area contributed by atoms with E-state index in [9.17, 15) is 0 Å². The fraction of sp³-hybridized carbons (Fsp3) is 0.667. The van der Waals surface area contributed by atoms with Crippen LogP contribution >= 0.6 is 0 Å². The van der Waals surface area contributed by atoms with Crippen LogP contribution in [0.5, 0.6) is 0 Å². The van der Waals surface area contributed by atoms with Gasteiger partial charge in [0.05, 0.1) is 0 Å². The van der Waals surface area contributed by atoms with E-state index in [0.717, 1.165) is 0 Å². The third-order valence-corrected chi connectivity index (χ3v) is 1.04. The van der Waals surface area contributed by atoms with Gasteiger partial charge in [0.15, 0.2) is 0 Å². The van der Waals surface area contributed by atoms with Gasteiger partial charge in [-0.15, -0.1) is 0 Å². The summed E-state index contributed by atoms with van der Waals surface area (Å²) in [7, 11) is 0. The second-order valence-electron chi connectivity index (χ2n) is 2.18. The number of nitrogens with zero attached hydrogens (tertiary/aromatic N) is 3. The molecule has 0 bridgehead atoms. The molecule has 0 spiro atoms. The first-order valence-electron chi connectivity index (χ1n) is 3.04. The molecule has 53 valence electrons. The van der Waals surface area contributed by atoms with Gasteiger partial charge in [-0.1, -0.05) is 0 Å². The monoisotopic (exact) mass is 213 g/mol. The molecule has 0 unspecified atom stereocenters. The van der Waals surface area contributed by atoms with Gasteiger partial charge < -0.3 is 10.0 Å². The first kappa shape index (κ1) is 10.2. The van der Waals surface area contributed by atoms with Crippen LogP contribution in [0.4, 0.5) is 0 Å². The Hall–Kier alpha value is 0.244. The summed E-state index contributed by atoms with van der Waals surface area (Å²) in [5.74, 6) is 0. The molecular formula is C6H10N3Y-. The molecule has 1 aliphatic rings. The van der Waals surface area contributed by atoms with Crippen molar-refractivity contribution in [3.63, 3.8) is 0 Å². The maximum atomic E-state index is 4.03. The van der Waals surface area contributed by atoms with Gasteiger partial charge in [-0.3, -0.25) is 6.34 Å². The van der Waals surface area contributed by atoms with E-state index >= 15 is 0 Å². The summed E-state index contributed by atoms with van der Waals surface area (Å²) in [6.45, 7) is 4.76. The van der Waals surface area contributed by atoms with Crippen molar-refractivity contribution in [2.24, 2.45) is 10.1 Å². The average Bonchev–Trinajstić information content (AvgIpc) is 1.90. The molecule has 0 aliphatic carbocycles. The molecule has 1 heterocycles. The first-order chi connectivity index (χ1) is 4.30. The largest absolute Gasteiger partial charge is 0.476 e. The SMILES string of the molecule is CC(C)N1[C-]=NCC=N1.[Y]. The van der Waals surface area contributed by atoms with Crippen LogP contribution < -0.4 is 0 Å². The summed E-state index contributed by atoms with van der Waals surface area (Å²) in [6.07, 6.45) is 4.55. The fourth-order valence-electron chi connectivity index (χ4n) is 0.553. The van der Waals surface area contributed by atoms with Crippen molar-refractivity contribution < 1.29 is 32.7 Å². The second kappa shape index (κ2) is 4.97. The van der Waals surface area contributed by atoms with Crippen molar-refractivity contribution >= 4 is 12.6 Å². The fourth-order valence-corrected chi connectivity index (χ4v) is 0.553. The minimum Gasteiger partial charge on any atom is -0.476 e. The minimum absolute atomic E-state index is 0. The van der Waals surface area contributed by atoms with E-state index in [1.807, 2.05) is 13.8 Å². The van der Waals surface area contributed by atoms with Gasteiger partial charge in [-0.25, -0.2) is 5.10 Å². The van der Waals surface area contributed by atoms with Gasteiger partial charge in [0.2, 0.25) is 0 Å². The molecule has 0 atom stereocenters. The standard InChI is InChI=1S/C6H10N3.Y/c1-6(2)9-5-7-3-4-8-9;/h4,6H,3H2,1-2H3;/q-1;. The Morgan fingerprint density at radius 2 is 2.30 bits per heavy atom. The Bertz CT molecular complexity index is 130. The number of hydrazone groups is 1. The van der Waals surface area contributed by atoms with Gasteiger partial charge >= 0.3 is 0 Å². The van der Waals surface area contributed by atoms with E-state index in [0.29, 0.717) is 12.6 Å². The zero-order chi connectivity index (χ0) is 6.69. The van der Waals surface area contributed by atoms with Gasteiger partial charge in [-0.2, -0.15) is 0 Å². The zero-order valence-corrected chi connectivity index (χ0v) is 9.12. The first-order valence-corrected chi connectivity index (χ1v) is 3.04. The zero-order valence-electron chi connectivity index (χ0n) is 6.28. The summed E-state index contributed by atoms with van der Waals surface area (Å²) in [4.78, 5) is 3.91. The van der Waals surface area contributed by atoms with E-state index in [2.05, 4.69) is 16.4 Å². The van der Waals surface area contributed by atoms with Gasteiger partial charge in [0.1, 0.15) is 0 Å². The Morgan fingerprint density at radius 1 is 1.60 bits per heavy atom. The summed E-state index contributed by atoms with van der Waals surface area (Å²) in [6, 6.07) is 0.366. The predicted molar refractivity (Wildman–Crippen MR) is 37.8 cm³/mol. The van der Waals surface area contributed by atoms with Crippen molar-refractivity contribution in [3.8, 4) is 0 Å². The van der Waals surface area contributed by atoms with Crippen LogP contribution in [0.25, 0.3) is 0 Å². The number of rotatable bonds is 1. The predicted octanol–water partition coefficient (Wildman–Crippen LogP) is 0.599. The van der Waals surface area contributed by atoms with E-state index in [1.165, 1.54) is 0 Å². The van der Waals surface area contributed by atoms with Crippen LogP contribution in [0.2, 0.25) is 0 Å². The van der Waals surface area contributed by atoms with Crippen molar-refractivity contribution in [1.82, 2.24) is 5.01 Å². The third-order valence-electron chi connectivity index (χ3n) is 1.04. The Labute approximate surface area is 86.5 Å². The Balaban J connectivity index is 0.000000810. The summed E-state index contributed by atoms with van der Waals surface area (Å²) >= 11 is 0. The maximum absolute atomic E-state index is 4.03. The van der Waals surface area contributed by atoms with Gasteiger partial charge in [-0.05, 0) is 13.8 Å². The van der Waals surface area contributed by atoms with E-state index in [4.69, 9.17) is 0 Å². The van der Waals surface area contributed by atoms with Crippen molar-refractivity contribution in [2.45, 2.75) is 19.9 Å². The summed E-state index contributed by atoms with van der Waals surface area (Å²) in [5, 5.41) is 5.74. The number of hydrogen-bond acceptors (Lipinski definition) is 3. The summed E-state index contributed by atoms with van der Waals surface area (Å²) in [5.41, 5.74) is 0. The number of hydrogen-bond donors (Lipinski definition) is 0. The minimum atomic E-state index is 0. The Morgan fingerprint density at radius 3 is 2.60 bits per heavy atom. The van der Waals surface area contributed by atoms with Gasteiger partial charge in [0.25, 0.3) is 0 Å². The van der Waals surface area contributed by atoms with Crippen molar-refractivity contribution in [3.05, 3.63) is 0 Å². The average molecular weight is 213 g/mol. The topological polar surface area (TPSA) is 28.0 Å². The molecule has 4 heteroatoms. The molecule has 3 nitrogen and oxygen atoms in total. The molecule has 0 amide bonds. The van der Waals surface area contributed by atoms with Crippen LogP contribution in [0.1, 0.15) is 13.8 Å². The maximum Gasteiger partial charge on any atom is 0.0399 e. The molecule has 0 aromatic rings. The van der Waals surface area contributed by atoms with Crippen LogP contribution in [0.15, 0.2) is 10.1 Å². The summed E-state index contributed by atoms with van der Waals surface area (Å²) < 4.78 is 0. The van der Waals surface area contributed by atoms with E-state index in [-0.39, 0.29) is 32.7 Å². The molecule has 1 radical (unpaired) electrons. The van der Waals surface area contributed by atoms with E-state index in [1.54, 1.807) is 11.2 Å². The van der Waals surface area contributed by atoms with Crippen LogP contribution in [0, 0.1) is 0 Å². The molecule has 0 saturated carbocycles. The second-order valence-corrected chi connectivity index (χ2v) is 2.18. The molecule has 1 rings (SSSR count). The number of aliphatic imine (C=N–C) groups is 1. The molecular weight excluding hydrogens is 203 g/mol. The quantitative estimate of drug-likeness (QED) is 0.586. The van der Waals surface area contributed by atoms with Gasteiger partial charge in [0, 0.05) is 51.5 Å². The van der Waals surface area contributed by atoms with Crippen molar-refractivity contribution in [2.75, 3.05) is 6.54 Å². The molecule has 1 aliphatic heterocycles. The smallest absolute Gasteiger partial charge is 0.0399 e.